The summed E-state index contributed by atoms with van der Waals surface area (Å²) < 4.78 is 60.4. The predicted molar refractivity (Wildman–Crippen MR) is 103 cm³/mol. The number of carbonyl (C=O) groups excluding carboxylic acids is 1. The molecule has 1 aliphatic heterocycles. The third kappa shape index (κ3) is 3.63. The van der Waals surface area contributed by atoms with Crippen molar-refractivity contribution in [2.45, 2.75) is 37.4 Å². The van der Waals surface area contributed by atoms with Crippen molar-refractivity contribution in [3.8, 4) is 0 Å². The van der Waals surface area contributed by atoms with Crippen LogP contribution >= 0.6 is 15.9 Å². The fraction of sp³-hybridized carbons (Fsp3) is 0.389. The summed E-state index contributed by atoms with van der Waals surface area (Å²) in [7, 11) is 1.60. The molecule has 0 radical (unpaired) electrons. The number of amidine groups is 1. The molecule has 0 fully saturated rings. The van der Waals surface area contributed by atoms with Gasteiger partial charge in [-0.3, -0.25) is 9.79 Å². The monoisotopic (exact) mass is 475 g/mol. The summed E-state index contributed by atoms with van der Waals surface area (Å²) in [6.45, 7) is 1.88. The average Bonchev–Trinajstić information content (AvgIpc) is 2.92. The fourth-order valence-electron chi connectivity index (χ4n) is 3.18. The lowest BCUT2D eigenvalue weighted by Gasteiger charge is -2.42. The molecular weight excluding hydrogens is 458 g/mol. The number of hydrogen-bond donors (Lipinski definition) is 2. The Morgan fingerprint density at radius 3 is 2.55 bits per heavy atom. The standard InChI is InChI=1S/C18H18BrF4N5O/c1-16(21)8-18(22,23)17(2,27-15(16)24)10-6-9(4-5-11(10)20)25-14(29)13-26-12(19)7-28(13)3/h4-7H,8H2,1-3H3,(H2,24,27)(H,25,29)/t16-,17+/m0/s1. The molecule has 3 N–H and O–H groups in total. The smallest absolute Gasteiger partial charge is 0.291 e. The van der Waals surface area contributed by atoms with Gasteiger partial charge in [0.15, 0.2) is 17.0 Å². The van der Waals surface area contributed by atoms with Crippen LogP contribution in [0.5, 0.6) is 0 Å². The lowest BCUT2D eigenvalue weighted by molar-refractivity contribution is -0.106. The first-order valence-electron chi connectivity index (χ1n) is 8.49. The van der Waals surface area contributed by atoms with Gasteiger partial charge in [0, 0.05) is 24.5 Å². The van der Waals surface area contributed by atoms with Gasteiger partial charge in [-0.25, -0.2) is 22.5 Å². The number of rotatable bonds is 3. The number of aromatic nitrogens is 2. The molecule has 29 heavy (non-hydrogen) atoms. The summed E-state index contributed by atoms with van der Waals surface area (Å²) in [5, 5.41) is 2.48. The fourth-order valence-corrected chi connectivity index (χ4v) is 3.66. The Morgan fingerprint density at radius 2 is 1.97 bits per heavy atom. The number of aryl methyl sites for hydroxylation is 1. The SMILES string of the molecule is Cn1cc(Br)nc1C(=O)Nc1ccc(F)c([C@@]2(C)N=C(N)[C@@](C)(F)CC2(F)F)c1. The number of carbonyl (C=O) groups is 1. The van der Waals surface area contributed by atoms with E-state index < -0.39 is 46.7 Å². The van der Waals surface area contributed by atoms with E-state index in [9.17, 15) is 22.4 Å². The number of alkyl halides is 3. The first kappa shape index (κ1) is 21.3. The van der Waals surface area contributed by atoms with Crippen LogP contribution in [0.4, 0.5) is 23.2 Å². The number of hydrogen-bond acceptors (Lipinski definition) is 4. The van der Waals surface area contributed by atoms with Gasteiger partial charge in [0.25, 0.3) is 11.8 Å². The number of aliphatic imine (C=N–C) groups is 1. The zero-order valence-electron chi connectivity index (χ0n) is 15.7. The van der Waals surface area contributed by atoms with E-state index in [2.05, 4.69) is 31.2 Å². The second-order valence-corrected chi connectivity index (χ2v) is 8.11. The third-order valence-corrected chi connectivity index (χ3v) is 5.33. The molecule has 0 saturated heterocycles. The molecule has 0 spiro atoms. The minimum Gasteiger partial charge on any atom is -0.385 e. The van der Waals surface area contributed by atoms with Crippen molar-refractivity contribution in [3.63, 3.8) is 0 Å². The Kier molecular flexibility index (Phi) is 5.01. The van der Waals surface area contributed by atoms with Gasteiger partial charge in [0.05, 0.1) is 6.42 Å². The number of amides is 1. The highest BCUT2D eigenvalue weighted by Gasteiger charge is 2.60. The highest BCUT2D eigenvalue weighted by atomic mass is 79.9. The highest BCUT2D eigenvalue weighted by molar-refractivity contribution is 9.10. The first-order chi connectivity index (χ1) is 13.3. The minimum atomic E-state index is -3.73. The summed E-state index contributed by atoms with van der Waals surface area (Å²) in [5.41, 5.74) is 0.115. The van der Waals surface area contributed by atoms with Crippen molar-refractivity contribution in [2.75, 3.05) is 5.32 Å². The molecule has 1 aliphatic rings. The molecule has 6 nitrogen and oxygen atoms in total. The minimum absolute atomic E-state index is 0.0462. The number of halogens is 5. The Morgan fingerprint density at radius 1 is 1.31 bits per heavy atom. The van der Waals surface area contributed by atoms with E-state index >= 15 is 0 Å². The molecule has 1 aromatic heterocycles. The van der Waals surface area contributed by atoms with Gasteiger partial charge in [-0.15, -0.1) is 0 Å². The van der Waals surface area contributed by atoms with Gasteiger partial charge >= 0.3 is 0 Å². The van der Waals surface area contributed by atoms with Crippen molar-refractivity contribution in [2.24, 2.45) is 17.8 Å². The summed E-state index contributed by atoms with van der Waals surface area (Å²) in [6, 6.07) is 3.18. The second-order valence-electron chi connectivity index (χ2n) is 7.29. The van der Waals surface area contributed by atoms with Crippen molar-refractivity contribution >= 4 is 33.4 Å². The van der Waals surface area contributed by atoms with Crippen molar-refractivity contribution in [3.05, 3.63) is 46.2 Å². The Bertz CT molecular complexity index is 1020. The van der Waals surface area contributed by atoms with Crippen molar-refractivity contribution in [1.29, 1.82) is 0 Å². The second kappa shape index (κ2) is 6.82. The molecule has 2 atom stereocenters. The summed E-state index contributed by atoms with van der Waals surface area (Å²) in [4.78, 5) is 20.0. The molecule has 1 aromatic carbocycles. The molecule has 0 unspecified atom stereocenters. The van der Waals surface area contributed by atoms with Gasteiger partial charge in [0.1, 0.15) is 16.3 Å². The number of anilines is 1. The van der Waals surface area contributed by atoms with Crippen LogP contribution in [-0.4, -0.2) is 32.9 Å². The van der Waals surface area contributed by atoms with E-state index in [0.29, 0.717) is 4.60 Å². The molecule has 2 heterocycles. The van der Waals surface area contributed by atoms with Crippen LogP contribution in [0, 0.1) is 5.82 Å². The first-order valence-corrected chi connectivity index (χ1v) is 9.29. The van der Waals surface area contributed by atoms with Crippen molar-refractivity contribution in [1.82, 2.24) is 9.55 Å². The zero-order chi connectivity index (χ0) is 21.8. The van der Waals surface area contributed by atoms with Crippen LogP contribution in [0.3, 0.4) is 0 Å². The summed E-state index contributed by atoms with van der Waals surface area (Å²) in [6.07, 6.45) is 0.309. The maximum absolute atomic E-state index is 14.8. The molecule has 0 bridgehead atoms. The van der Waals surface area contributed by atoms with Gasteiger partial charge < -0.3 is 15.6 Å². The topological polar surface area (TPSA) is 85.3 Å². The number of nitrogens with two attached hydrogens (primary N) is 1. The molecule has 0 saturated carbocycles. The molecule has 11 heteroatoms. The maximum Gasteiger partial charge on any atom is 0.291 e. The zero-order valence-corrected chi connectivity index (χ0v) is 17.3. The van der Waals surface area contributed by atoms with Gasteiger partial charge in [-0.1, -0.05) is 0 Å². The normalized spacial score (nSPS) is 26.1. The third-order valence-electron chi connectivity index (χ3n) is 4.94. The summed E-state index contributed by atoms with van der Waals surface area (Å²) >= 11 is 3.14. The van der Waals surface area contributed by atoms with Gasteiger partial charge in [0.2, 0.25) is 0 Å². The van der Waals surface area contributed by atoms with E-state index in [4.69, 9.17) is 5.73 Å². The van der Waals surface area contributed by atoms with E-state index in [1.165, 1.54) is 10.6 Å². The van der Waals surface area contributed by atoms with Crippen LogP contribution in [0.1, 0.15) is 36.5 Å². The Hall–Kier alpha value is -2.43. The number of nitrogens with one attached hydrogen (secondary N) is 1. The Labute approximate surface area is 172 Å². The van der Waals surface area contributed by atoms with E-state index in [-0.39, 0.29) is 11.5 Å². The molecule has 156 valence electrons. The van der Waals surface area contributed by atoms with Crippen LogP contribution in [-0.2, 0) is 12.6 Å². The van der Waals surface area contributed by atoms with Crippen molar-refractivity contribution < 1.29 is 22.4 Å². The lowest BCUT2D eigenvalue weighted by Crippen LogP contribution is -2.56. The largest absolute Gasteiger partial charge is 0.385 e. The van der Waals surface area contributed by atoms with Crippen LogP contribution in [0.15, 0.2) is 34.0 Å². The van der Waals surface area contributed by atoms with E-state index in [1.807, 2.05) is 0 Å². The Balaban J connectivity index is 2.02. The van der Waals surface area contributed by atoms with Gasteiger partial charge in [-0.05, 0) is 48.0 Å². The maximum atomic E-state index is 14.8. The quantitative estimate of drug-likeness (QED) is 0.659. The van der Waals surface area contributed by atoms with E-state index in [1.54, 1.807) is 13.2 Å². The molecule has 3 rings (SSSR count). The van der Waals surface area contributed by atoms with Crippen LogP contribution < -0.4 is 11.1 Å². The number of nitrogens with zero attached hydrogens (tertiary/aromatic N) is 3. The number of imidazole rings is 1. The molecular formula is C18H18BrF4N5O. The summed E-state index contributed by atoms with van der Waals surface area (Å²) in [5.74, 6) is -5.93. The highest BCUT2D eigenvalue weighted by Crippen LogP contribution is 2.50. The van der Waals surface area contributed by atoms with Crippen LogP contribution in [0.25, 0.3) is 0 Å². The number of benzene rings is 1. The average molecular weight is 476 g/mol. The van der Waals surface area contributed by atoms with Crippen LogP contribution in [0.2, 0.25) is 0 Å². The van der Waals surface area contributed by atoms with E-state index in [0.717, 1.165) is 26.0 Å². The molecule has 0 aliphatic carbocycles. The lowest BCUT2D eigenvalue weighted by atomic mass is 9.77. The molecule has 2 aromatic rings. The molecule has 1 amide bonds. The van der Waals surface area contributed by atoms with Gasteiger partial charge in [-0.2, -0.15) is 0 Å². The predicted octanol–water partition coefficient (Wildman–Crippen LogP) is 3.91.